The molecule has 0 heterocycles. The number of Topliss-reactive ketones (excluding diaryl/α,β-unsaturated/α-hetero) is 2. The zero-order chi connectivity index (χ0) is 27.6. The molecule has 1 aliphatic carbocycles. The van der Waals surface area contributed by atoms with E-state index in [0.29, 0.717) is 22.6 Å². The molecule has 0 spiro atoms. The maximum absolute atomic E-state index is 11.6. The quantitative estimate of drug-likeness (QED) is 0.218. The molecule has 0 bridgehead atoms. The fourth-order valence-corrected chi connectivity index (χ4v) is 5.62. The van der Waals surface area contributed by atoms with E-state index in [1.165, 1.54) is 24.0 Å². The molecule has 0 N–H and O–H groups in total. The van der Waals surface area contributed by atoms with Gasteiger partial charge < -0.3 is 9.47 Å². The standard InChI is InChI=1S/C35H34O4/c1-23-21-29(11-17-33(23)38-31-13-7-27(8-14-31)25(3)36)35(19-5-6-20-35)30-12-18-34(24(2)22-30)39-32-15-9-28(10-16-32)26(4)37/h7-18,21-22H,5-6,19-20H2,1-4H3. The Morgan fingerprint density at radius 3 is 1.31 bits per heavy atom. The van der Waals surface area contributed by atoms with Gasteiger partial charge in [-0.1, -0.05) is 37.1 Å². The molecule has 4 aromatic rings. The summed E-state index contributed by atoms with van der Waals surface area (Å²) in [6.45, 7) is 7.31. The van der Waals surface area contributed by atoms with Gasteiger partial charge >= 0.3 is 0 Å². The molecule has 0 saturated heterocycles. The van der Waals surface area contributed by atoms with Crippen molar-refractivity contribution in [3.05, 3.63) is 118 Å². The molecule has 5 rings (SSSR count). The maximum atomic E-state index is 11.6. The van der Waals surface area contributed by atoms with Crippen LogP contribution in [0.5, 0.6) is 23.0 Å². The average molecular weight is 519 g/mol. The summed E-state index contributed by atoms with van der Waals surface area (Å²) in [5.41, 5.74) is 6.10. The predicted octanol–water partition coefficient (Wildman–Crippen LogP) is 9.15. The second kappa shape index (κ2) is 10.9. The zero-order valence-electron chi connectivity index (χ0n) is 23.0. The highest BCUT2D eigenvalue weighted by Crippen LogP contribution is 2.48. The Kier molecular flexibility index (Phi) is 7.38. The number of rotatable bonds is 8. The lowest BCUT2D eigenvalue weighted by molar-refractivity contribution is 0.100. The van der Waals surface area contributed by atoms with Gasteiger partial charge in [0.15, 0.2) is 11.6 Å². The van der Waals surface area contributed by atoms with E-state index in [9.17, 15) is 9.59 Å². The molecule has 4 aromatic carbocycles. The van der Waals surface area contributed by atoms with E-state index < -0.39 is 0 Å². The number of ketones is 2. The van der Waals surface area contributed by atoms with Crippen molar-refractivity contribution in [2.24, 2.45) is 0 Å². The molecular weight excluding hydrogens is 484 g/mol. The number of carbonyl (C=O) groups is 2. The second-order valence-electron chi connectivity index (χ2n) is 10.6. The van der Waals surface area contributed by atoms with Crippen LogP contribution in [-0.4, -0.2) is 11.6 Å². The Morgan fingerprint density at radius 1 is 0.590 bits per heavy atom. The van der Waals surface area contributed by atoms with Gasteiger partial charge in [0, 0.05) is 16.5 Å². The third-order valence-electron chi connectivity index (χ3n) is 7.89. The summed E-state index contributed by atoms with van der Waals surface area (Å²) in [6.07, 6.45) is 4.59. The first-order valence-electron chi connectivity index (χ1n) is 13.6. The minimum Gasteiger partial charge on any atom is -0.457 e. The molecule has 0 unspecified atom stereocenters. The maximum Gasteiger partial charge on any atom is 0.159 e. The molecule has 0 atom stereocenters. The minimum absolute atomic E-state index is 0.0428. The first-order valence-corrected chi connectivity index (χ1v) is 13.6. The monoisotopic (exact) mass is 518 g/mol. The van der Waals surface area contributed by atoms with Gasteiger partial charge in [0.1, 0.15) is 23.0 Å². The molecule has 39 heavy (non-hydrogen) atoms. The summed E-state index contributed by atoms with van der Waals surface area (Å²) in [5.74, 6) is 3.16. The van der Waals surface area contributed by atoms with Crippen LogP contribution < -0.4 is 9.47 Å². The molecule has 4 nitrogen and oxygen atoms in total. The van der Waals surface area contributed by atoms with Crippen LogP contribution in [0.1, 0.15) is 82.5 Å². The van der Waals surface area contributed by atoms with Crippen LogP contribution in [0, 0.1) is 13.8 Å². The molecule has 0 radical (unpaired) electrons. The summed E-state index contributed by atoms with van der Waals surface area (Å²) in [7, 11) is 0. The average Bonchev–Trinajstić information content (AvgIpc) is 3.43. The Morgan fingerprint density at radius 2 is 0.974 bits per heavy atom. The first kappa shape index (κ1) is 26.4. The van der Waals surface area contributed by atoms with Gasteiger partial charge in [-0.25, -0.2) is 0 Å². The van der Waals surface area contributed by atoms with E-state index in [2.05, 4.69) is 50.2 Å². The van der Waals surface area contributed by atoms with Gasteiger partial charge in [-0.3, -0.25) is 9.59 Å². The summed E-state index contributed by atoms with van der Waals surface area (Å²) in [5, 5.41) is 0. The lowest BCUT2D eigenvalue weighted by Crippen LogP contribution is -2.24. The van der Waals surface area contributed by atoms with Crippen LogP contribution in [0.25, 0.3) is 0 Å². The Labute approximate surface area is 230 Å². The van der Waals surface area contributed by atoms with E-state index in [1.54, 1.807) is 38.1 Å². The van der Waals surface area contributed by atoms with Crippen LogP contribution in [0.3, 0.4) is 0 Å². The van der Waals surface area contributed by atoms with Gasteiger partial charge in [0.05, 0.1) is 0 Å². The third kappa shape index (κ3) is 5.51. The van der Waals surface area contributed by atoms with Gasteiger partial charge in [-0.15, -0.1) is 0 Å². The molecule has 1 aliphatic rings. The molecule has 0 amide bonds. The SMILES string of the molecule is CC(=O)c1ccc(Oc2ccc(C3(c4ccc(Oc5ccc(C(C)=O)cc5)c(C)c4)CCCC3)cc2C)cc1. The molecule has 0 aromatic heterocycles. The number of hydrogen-bond acceptors (Lipinski definition) is 4. The lowest BCUT2D eigenvalue weighted by Gasteiger charge is -2.32. The normalized spacial score (nSPS) is 14.2. The molecule has 1 fully saturated rings. The van der Waals surface area contributed by atoms with E-state index >= 15 is 0 Å². The highest BCUT2D eigenvalue weighted by atomic mass is 16.5. The fourth-order valence-electron chi connectivity index (χ4n) is 5.62. The van der Waals surface area contributed by atoms with Gasteiger partial charge in [0.2, 0.25) is 0 Å². The second-order valence-corrected chi connectivity index (χ2v) is 10.6. The summed E-state index contributed by atoms with van der Waals surface area (Å²) in [6, 6.07) is 27.6. The van der Waals surface area contributed by atoms with Crippen LogP contribution in [0.2, 0.25) is 0 Å². The highest BCUT2D eigenvalue weighted by Gasteiger charge is 2.38. The Bertz CT molecular complexity index is 1400. The van der Waals surface area contributed by atoms with Gasteiger partial charge in [0.25, 0.3) is 0 Å². The largest absolute Gasteiger partial charge is 0.457 e. The van der Waals surface area contributed by atoms with Crippen LogP contribution in [0.4, 0.5) is 0 Å². The van der Waals surface area contributed by atoms with Gasteiger partial charge in [-0.2, -0.15) is 0 Å². The van der Waals surface area contributed by atoms with Crippen LogP contribution >= 0.6 is 0 Å². The van der Waals surface area contributed by atoms with Crippen molar-refractivity contribution in [2.75, 3.05) is 0 Å². The van der Waals surface area contributed by atoms with Crippen molar-refractivity contribution >= 4 is 11.6 Å². The van der Waals surface area contributed by atoms with E-state index in [0.717, 1.165) is 35.5 Å². The number of carbonyl (C=O) groups excluding carboxylic acids is 2. The summed E-state index contributed by atoms with van der Waals surface area (Å²) >= 11 is 0. The smallest absolute Gasteiger partial charge is 0.159 e. The van der Waals surface area contributed by atoms with Crippen LogP contribution in [0.15, 0.2) is 84.9 Å². The molecular formula is C35H34O4. The highest BCUT2D eigenvalue weighted by molar-refractivity contribution is 5.94. The van der Waals surface area contributed by atoms with Crippen molar-refractivity contribution < 1.29 is 19.1 Å². The number of hydrogen-bond donors (Lipinski definition) is 0. The predicted molar refractivity (Wildman–Crippen MR) is 155 cm³/mol. The topological polar surface area (TPSA) is 52.6 Å². The molecule has 198 valence electrons. The van der Waals surface area contributed by atoms with Crippen molar-refractivity contribution in [3.63, 3.8) is 0 Å². The first-order chi connectivity index (χ1) is 18.7. The molecule has 0 aliphatic heterocycles. The van der Waals surface area contributed by atoms with E-state index in [4.69, 9.17) is 9.47 Å². The van der Waals surface area contributed by atoms with E-state index in [1.807, 2.05) is 24.3 Å². The fraction of sp³-hybridized carbons (Fsp3) is 0.257. The van der Waals surface area contributed by atoms with Gasteiger partial charge in [-0.05, 0) is 123 Å². The number of benzene rings is 4. The molecule has 1 saturated carbocycles. The van der Waals surface area contributed by atoms with Crippen molar-refractivity contribution in [1.82, 2.24) is 0 Å². The van der Waals surface area contributed by atoms with E-state index in [-0.39, 0.29) is 17.0 Å². The van der Waals surface area contributed by atoms with Crippen molar-refractivity contribution in [3.8, 4) is 23.0 Å². The lowest BCUT2D eigenvalue weighted by atomic mass is 9.72. The zero-order valence-corrected chi connectivity index (χ0v) is 23.0. The third-order valence-corrected chi connectivity index (χ3v) is 7.89. The Hall–Kier alpha value is -4.18. The number of aryl methyl sites for hydroxylation is 2. The van der Waals surface area contributed by atoms with Crippen molar-refractivity contribution in [2.45, 2.75) is 58.8 Å². The minimum atomic E-state index is -0.0428. The number of ether oxygens (including phenoxy) is 2. The summed E-state index contributed by atoms with van der Waals surface area (Å²) < 4.78 is 12.3. The van der Waals surface area contributed by atoms with Crippen LogP contribution in [-0.2, 0) is 5.41 Å². The summed E-state index contributed by atoms with van der Waals surface area (Å²) in [4.78, 5) is 23.1. The van der Waals surface area contributed by atoms with Crippen molar-refractivity contribution in [1.29, 1.82) is 0 Å². The molecule has 4 heteroatoms. The Balaban J connectivity index is 1.39.